The second kappa shape index (κ2) is 12.7. The fraction of sp³-hybridized carbons (Fsp3) is 0.414. The number of hydrogen-bond donors (Lipinski definition) is 1. The van der Waals surface area contributed by atoms with Crippen LogP contribution in [0.15, 0.2) is 54.1 Å². The highest BCUT2D eigenvalue weighted by Gasteiger charge is 2.46. The van der Waals surface area contributed by atoms with Crippen LogP contribution in [0.3, 0.4) is 0 Å². The first-order valence-electron chi connectivity index (χ1n) is 12.9. The van der Waals surface area contributed by atoms with Crippen molar-refractivity contribution >= 4 is 23.4 Å². The van der Waals surface area contributed by atoms with Gasteiger partial charge in [-0.15, -0.1) is 0 Å². The lowest BCUT2D eigenvalue weighted by molar-refractivity contribution is -0.140. The number of unbranched alkanes of at least 4 members (excludes halogenated alkanes) is 1. The topological polar surface area (TPSA) is 106 Å². The maximum atomic E-state index is 13.3. The van der Waals surface area contributed by atoms with E-state index in [4.69, 9.17) is 14.2 Å². The molecule has 1 unspecified atom stereocenters. The van der Waals surface area contributed by atoms with Crippen molar-refractivity contribution in [1.82, 2.24) is 9.80 Å². The van der Waals surface area contributed by atoms with Gasteiger partial charge in [-0.25, -0.2) is 4.79 Å². The van der Waals surface area contributed by atoms with Gasteiger partial charge in [0.15, 0.2) is 0 Å². The van der Waals surface area contributed by atoms with Crippen LogP contribution in [0.1, 0.15) is 47.3 Å². The Morgan fingerprint density at radius 2 is 1.79 bits per heavy atom. The Kier molecular flexibility index (Phi) is 9.15. The van der Waals surface area contributed by atoms with Gasteiger partial charge in [0.2, 0.25) is 0 Å². The van der Waals surface area contributed by atoms with Gasteiger partial charge < -0.3 is 24.2 Å². The van der Waals surface area contributed by atoms with E-state index < -0.39 is 23.7 Å². The number of morpholine rings is 1. The second-order valence-corrected chi connectivity index (χ2v) is 9.29. The van der Waals surface area contributed by atoms with Crippen molar-refractivity contribution in [2.45, 2.75) is 25.8 Å². The van der Waals surface area contributed by atoms with Crippen LogP contribution in [-0.2, 0) is 19.1 Å². The molecule has 2 aliphatic heterocycles. The number of amides is 1. The van der Waals surface area contributed by atoms with Crippen molar-refractivity contribution in [2.24, 2.45) is 0 Å². The third-order valence-corrected chi connectivity index (χ3v) is 6.82. The van der Waals surface area contributed by atoms with Crippen molar-refractivity contribution < 1.29 is 33.7 Å². The molecule has 9 nitrogen and oxygen atoms in total. The van der Waals surface area contributed by atoms with E-state index in [1.165, 1.54) is 12.0 Å². The average molecular weight is 523 g/mol. The number of Topliss-reactive ketones (excluding diaryl/α,β-unsaturated/α-hetero) is 1. The molecule has 2 heterocycles. The van der Waals surface area contributed by atoms with E-state index in [2.05, 4.69) is 11.8 Å². The number of esters is 1. The lowest BCUT2D eigenvalue weighted by Gasteiger charge is -2.31. The highest BCUT2D eigenvalue weighted by atomic mass is 16.5. The summed E-state index contributed by atoms with van der Waals surface area (Å²) in [5.74, 6) is -1.60. The SMILES string of the molecule is CCCCOc1cccc(/C(O)=C2\C(=O)C(=O)N(CCN3CCOCC3)C2c2ccc(C(=O)OC)cc2)c1. The molecule has 1 atom stereocenters. The molecule has 2 aliphatic rings. The van der Waals surface area contributed by atoms with Gasteiger partial charge in [0, 0.05) is 31.7 Å². The van der Waals surface area contributed by atoms with Crippen molar-refractivity contribution in [2.75, 3.05) is 53.1 Å². The predicted octanol–water partition coefficient (Wildman–Crippen LogP) is 3.41. The lowest BCUT2D eigenvalue weighted by atomic mass is 9.94. The molecular formula is C29H34N2O7. The molecule has 2 aromatic carbocycles. The maximum Gasteiger partial charge on any atom is 0.337 e. The number of methoxy groups -OCH3 is 1. The molecule has 1 N–H and O–H groups in total. The van der Waals surface area contributed by atoms with Crippen LogP contribution < -0.4 is 4.74 Å². The maximum absolute atomic E-state index is 13.3. The van der Waals surface area contributed by atoms with E-state index in [1.807, 2.05) is 0 Å². The minimum Gasteiger partial charge on any atom is -0.507 e. The zero-order valence-corrected chi connectivity index (χ0v) is 21.9. The Hall–Kier alpha value is -3.69. The zero-order chi connectivity index (χ0) is 27.1. The number of hydrogen-bond acceptors (Lipinski definition) is 8. The van der Waals surface area contributed by atoms with Gasteiger partial charge in [-0.1, -0.05) is 37.6 Å². The summed E-state index contributed by atoms with van der Waals surface area (Å²) in [4.78, 5) is 42.2. The van der Waals surface area contributed by atoms with Gasteiger partial charge >= 0.3 is 5.97 Å². The number of ketones is 1. The fourth-order valence-electron chi connectivity index (χ4n) is 4.67. The highest BCUT2D eigenvalue weighted by Crippen LogP contribution is 2.39. The van der Waals surface area contributed by atoms with Crippen molar-refractivity contribution in [3.05, 3.63) is 70.8 Å². The molecule has 0 bridgehead atoms. The summed E-state index contributed by atoms with van der Waals surface area (Å²) in [5, 5.41) is 11.4. The van der Waals surface area contributed by atoms with E-state index in [1.54, 1.807) is 48.5 Å². The van der Waals surface area contributed by atoms with Crippen molar-refractivity contribution in [3.8, 4) is 5.75 Å². The lowest BCUT2D eigenvalue weighted by Crippen LogP contribution is -2.42. The van der Waals surface area contributed by atoms with Crippen molar-refractivity contribution in [3.63, 3.8) is 0 Å². The van der Waals surface area contributed by atoms with Crippen LogP contribution in [-0.4, -0.2) is 85.7 Å². The summed E-state index contributed by atoms with van der Waals surface area (Å²) in [6.07, 6.45) is 1.88. The summed E-state index contributed by atoms with van der Waals surface area (Å²) in [6, 6.07) is 12.6. The first-order chi connectivity index (χ1) is 18.4. The first kappa shape index (κ1) is 27.3. The number of ether oxygens (including phenoxy) is 3. The number of carbonyl (C=O) groups is 3. The molecule has 4 rings (SSSR count). The Morgan fingerprint density at radius 1 is 1.05 bits per heavy atom. The molecule has 202 valence electrons. The number of aliphatic hydroxyl groups excluding tert-OH is 1. The van der Waals surface area contributed by atoms with E-state index in [-0.39, 0.29) is 11.3 Å². The van der Waals surface area contributed by atoms with Gasteiger partial charge in [0.25, 0.3) is 11.7 Å². The Labute approximate surface area is 222 Å². The van der Waals surface area contributed by atoms with Crippen LogP contribution in [0.5, 0.6) is 5.75 Å². The van der Waals surface area contributed by atoms with Crippen LogP contribution in [0, 0.1) is 0 Å². The number of carbonyl (C=O) groups excluding carboxylic acids is 3. The summed E-state index contributed by atoms with van der Waals surface area (Å²) >= 11 is 0. The van der Waals surface area contributed by atoms with Gasteiger partial charge in [-0.05, 0) is 36.2 Å². The number of rotatable bonds is 10. The largest absolute Gasteiger partial charge is 0.507 e. The van der Waals surface area contributed by atoms with Gasteiger partial charge in [0.1, 0.15) is 11.5 Å². The smallest absolute Gasteiger partial charge is 0.337 e. The van der Waals surface area contributed by atoms with Crippen molar-refractivity contribution in [1.29, 1.82) is 0 Å². The minimum absolute atomic E-state index is 0.00787. The predicted molar refractivity (Wildman–Crippen MR) is 141 cm³/mol. The average Bonchev–Trinajstić information content (AvgIpc) is 3.21. The zero-order valence-electron chi connectivity index (χ0n) is 21.9. The monoisotopic (exact) mass is 522 g/mol. The standard InChI is InChI=1S/C29H34N2O7/c1-3-4-16-38-23-7-5-6-22(19-23)26(32)24-25(20-8-10-21(11-9-20)29(35)36-2)31(28(34)27(24)33)13-12-30-14-17-37-18-15-30/h5-11,19,25,32H,3-4,12-18H2,1-2H3/b26-24+. The van der Waals surface area contributed by atoms with Crippen LogP contribution >= 0.6 is 0 Å². The van der Waals surface area contributed by atoms with E-state index >= 15 is 0 Å². The summed E-state index contributed by atoms with van der Waals surface area (Å²) in [7, 11) is 1.30. The molecule has 1 amide bonds. The molecule has 0 aliphatic carbocycles. The molecule has 2 fully saturated rings. The second-order valence-electron chi connectivity index (χ2n) is 9.29. The van der Waals surface area contributed by atoms with E-state index in [0.717, 1.165) is 25.9 Å². The van der Waals surface area contributed by atoms with E-state index in [0.29, 0.717) is 55.4 Å². The van der Waals surface area contributed by atoms with Crippen LogP contribution in [0.4, 0.5) is 0 Å². The molecule has 0 spiro atoms. The Balaban J connectivity index is 1.71. The van der Waals surface area contributed by atoms with Crippen LogP contribution in [0.25, 0.3) is 5.76 Å². The molecule has 9 heteroatoms. The Morgan fingerprint density at radius 3 is 2.47 bits per heavy atom. The first-order valence-corrected chi connectivity index (χ1v) is 12.9. The quantitative estimate of drug-likeness (QED) is 0.166. The number of likely N-dealkylation sites (tertiary alicyclic amines) is 1. The molecule has 38 heavy (non-hydrogen) atoms. The molecule has 0 saturated carbocycles. The molecule has 2 saturated heterocycles. The third kappa shape index (κ3) is 6.06. The van der Waals surface area contributed by atoms with Gasteiger partial charge in [-0.2, -0.15) is 0 Å². The molecular weight excluding hydrogens is 488 g/mol. The van der Waals surface area contributed by atoms with Crippen LogP contribution in [0.2, 0.25) is 0 Å². The normalized spacial score (nSPS) is 19.5. The number of nitrogens with zero attached hydrogens (tertiary/aromatic N) is 2. The molecule has 0 radical (unpaired) electrons. The van der Waals surface area contributed by atoms with Gasteiger partial charge in [0.05, 0.1) is 44.1 Å². The fourth-order valence-corrected chi connectivity index (χ4v) is 4.67. The molecule has 0 aromatic heterocycles. The summed E-state index contributed by atoms with van der Waals surface area (Å²) in [6.45, 7) is 6.20. The minimum atomic E-state index is -0.813. The Bertz CT molecular complexity index is 1190. The summed E-state index contributed by atoms with van der Waals surface area (Å²) in [5.41, 5.74) is 1.35. The molecule has 2 aromatic rings. The summed E-state index contributed by atoms with van der Waals surface area (Å²) < 4.78 is 16.0. The van der Waals surface area contributed by atoms with Gasteiger partial charge in [-0.3, -0.25) is 14.5 Å². The number of benzene rings is 2. The van der Waals surface area contributed by atoms with E-state index in [9.17, 15) is 19.5 Å². The highest BCUT2D eigenvalue weighted by molar-refractivity contribution is 6.46. The number of aliphatic hydroxyl groups is 1. The third-order valence-electron chi connectivity index (χ3n) is 6.82.